The molecule has 0 saturated carbocycles. The summed E-state index contributed by atoms with van der Waals surface area (Å²) in [6, 6.07) is 5.24. The van der Waals surface area contributed by atoms with Crippen LogP contribution in [-0.2, 0) is 6.42 Å². The van der Waals surface area contributed by atoms with Crippen molar-refractivity contribution in [3.63, 3.8) is 0 Å². The van der Waals surface area contributed by atoms with E-state index < -0.39 is 0 Å². The molecule has 0 spiro atoms. The van der Waals surface area contributed by atoms with Gasteiger partial charge in [-0.2, -0.15) is 0 Å². The fourth-order valence-corrected chi connectivity index (χ4v) is 1.63. The summed E-state index contributed by atoms with van der Waals surface area (Å²) >= 11 is 0. The third-order valence-electron chi connectivity index (χ3n) is 2.43. The standard InChI is InChI=1S/C12H14N4O/c1-8-3-2-6-14-11(8)12-15-9(4-5-13)7-10(17)16-12/h2-3,6-7H,4-5,13H2,1H3,(H,15,16,17). The molecule has 17 heavy (non-hydrogen) atoms. The molecule has 0 saturated heterocycles. The monoisotopic (exact) mass is 230 g/mol. The zero-order chi connectivity index (χ0) is 12.3. The van der Waals surface area contributed by atoms with Crippen LogP contribution in [0.3, 0.4) is 0 Å². The van der Waals surface area contributed by atoms with Gasteiger partial charge in [-0.25, -0.2) is 4.98 Å². The van der Waals surface area contributed by atoms with Crippen molar-refractivity contribution in [1.29, 1.82) is 0 Å². The lowest BCUT2D eigenvalue weighted by molar-refractivity contribution is 0.902. The third kappa shape index (κ3) is 2.57. The van der Waals surface area contributed by atoms with E-state index in [9.17, 15) is 4.79 Å². The Balaban J connectivity index is 2.52. The van der Waals surface area contributed by atoms with Crippen LogP contribution in [0.15, 0.2) is 29.2 Å². The van der Waals surface area contributed by atoms with Gasteiger partial charge in [-0.05, 0) is 25.1 Å². The summed E-state index contributed by atoms with van der Waals surface area (Å²) < 4.78 is 0. The highest BCUT2D eigenvalue weighted by molar-refractivity contribution is 5.53. The van der Waals surface area contributed by atoms with Gasteiger partial charge >= 0.3 is 0 Å². The number of pyridine rings is 1. The minimum absolute atomic E-state index is 0.177. The number of H-pyrrole nitrogens is 1. The van der Waals surface area contributed by atoms with Crippen LogP contribution in [0.2, 0.25) is 0 Å². The highest BCUT2D eigenvalue weighted by Gasteiger charge is 2.07. The SMILES string of the molecule is Cc1cccnc1-c1nc(CCN)cc(=O)[nH]1. The smallest absolute Gasteiger partial charge is 0.251 e. The zero-order valence-electron chi connectivity index (χ0n) is 9.60. The van der Waals surface area contributed by atoms with Crippen LogP contribution < -0.4 is 11.3 Å². The second kappa shape index (κ2) is 4.88. The summed E-state index contributed by atoms with van der Waals surface area (Å²) in [5.41, 5.74) is 7.65. The molecule has 0 aromatic carbocycles. The number of aryl methyl sites for hydroxylation is 1. The largest absolute Gasteiger partial charge is 0.330 e. The fraction of sp³-hybridized carbons (Fsp3) is 0.250. The maximum atomic E-state index is 11.5. The number of aromatic nitrogens is 3. The van der Waals surface area contributed by atoms with Crippen LogP contribution in [0.25, 0.3) is 11.5 Å². The minimum atomic E-state index is -0.177. The number of hydrogen-bond acceptors (Lipinski definition) is 4. The Hall–Kier alpha value is -2.01. The van der Waals surface area contributed by atoms with Crippen LogP contribution in [0.5, 0.6) is 0 Å². The molecule has 2 aromatic rings. The third-order valence-corrected chi connectivity index (χ3v) is 2.43. The topological polar surface area (TPSA) is 84.7 Å². The minimum Gasteiger partial charge on any atom is -0.330 e. The van der Waals surface area contributed by atoms with E-state index >= 15 is 0 Å². The quantitative estimate of drug-likeness (QED) is 0.810. The van der Waals surface area contributed by atoms with E-state index in [0.29, 0.717) is 30.2 Å². The molecule has 3 N–H and O–H groups in total. The molecular formula is C12H14N4O. The normalized spacial score (nSPS) is 10.5. The Morgan fingerprint density at radius 3 is 3.00 bits per heavy atom. The van der Waals surface area contributed by atoms with Crippen LogP contribution >= 0.6 is 0 Å². The molecule has 0 aliphatic heterocycles. The molecule has 0 amide bonds. The Labute approximate surface area is 98.7 Å². The first-order chi connectivity index (χ1) is 8.20. The van der Waals surface area contributed by atoms with Crippen molar-refractivity contribution in [3.8, 4) is 11.5 Å². The van der Waals surface area contributed by atoms with Gasteiger partial charge in [-0.15, -0.1) is 0 Å². The number of aromatic amines is 1. The van der Waals surface area contributed by atoms with E-state index in [1.165, 1.54) is 6.07 Å². The van der Waals surface area contributed by atoms with E-state index in [-0.39, 0.29) is 5.56 Å². The van der Waals surface area contributed by atoms with Crippen molar-refractivity contribution in [2.24, 2.45) is 5.73 Å². The number of hydrogen-bond donors (Lipinski definition) is 2. The first-order valence-corrected chi connectivity index (χ1v) is 5.43. The summed E-state index contributed by atoms with van der Waals surface area (Å²) in [6.45, 7) is 2.40. The van der Waals surface area contributed by atoms with Gasteiger partial charge in [0.2, 0.25) is 0 Å². The Kier molecular flexibility index (Phi) is 3.30. The summed E-state index contributed by atoms with van der Waals surface area (Å²) in [4.78, 5) is 22.8. The van der Waals surface area contributed by atoms with Crippen molar-refractivity contribution >= 4 is 0 Å². The molecule has 0 aliphatic carbocycles. The Morgan fingerprint density at radius 2 is 2.29 bits per heavy atom. The molecular weight excluding hydrogens is 216 g/mol. The van der Waals surface area contributed by atoms with Gasteiger partial charge in [0.1, 0.15) is 5.69 Å². The maximum Gasteiger partial charge on any atom is 0.251 e. The summed E-state index contributed by atoms with van der Waals surface area (Å²) in [5, 5.41) is 0. The first-order valence-electron chi connectivity index (χ1n) is 5.43. The molecule has 5 nitrogen and oxygen atoms in total. The first kappa shape index (κ1) is 11.5. The number of nitrogens with zero attached hydrogens (tertiary/aromatic N) is 2. The van der Waals surface area contributed by atoms with E-state index in [1.807, 2.05) is 19.1 Å². The van der Waals surface area contributed by atoms with E-state index in [0.717, 1.165) is 5.56 Å². The van der Waals surface area contributed by atoms with Crippen LogP contribution in [-0.4, -0.2) is 21.5 Å². The lowest BCUT2D eigenvalue weighted by atomic mass is 10.2. The van der Waals surface area contributed by atoms with E-state index in [2.05, 4.69) is 15.0 Å². The molecule has 5 heteroatoms. The van der Waals surface area contributed by atoms with Gasteiger partial charge in [0.15, 0.2) is 5.82 Å². The summed E-state index contributed by atoms with van der Waals surface area (Å²) in [5.74, 6) is 0.499. The van der Waals surface area contributed by atoms with Crippen molar-refractivity contribution in [3.05, 3.63) is 46.0 Å². The van der Waals surface area contributed by atoms with Crippen molar-refractivity contribution < 1.29 is 0 Å². The number of nitrogens with one attached hydrogen (secondary N) is 1. The maximum absolute atomic E-state index is 11.5. The Morgan fingerprint density at radius 1 is 1.47 bits per heavy atom. The van der Waals surface area contributed by atoms with Crippen molar-refractivity contribution in [2.75, 3.05) is 6.54 Å². The molecule has 0 radical (unpaired) electrons. The van der Waals surface area contributed by atoms with Gasteiger partial charge < -0.3 is 10.7 Å². The molecule has 0 atom stereocenters. The highest BCUT2D eigenvalue weighted by Crippen LogP contribution is 2.14. The van der Waals surface area contributed by atoms with E-state index in [1.54, 1.807) is 6.20 Å². The van der Waals surface area contributed by atoms with Gasteiger partial charge in [-0.3, -0.25) is 9.78 Å². The predicted molar refractivity (Wildman–Crippen MR) is 65.6 cm³/mol. The second-order valence-corrected chi connectivity index (χ2v) is 3.79. The van der Waals surface area contributed by atoms with Gasteiger partial charge in [0.25, 0.3) is 5.56 Å². The Bertz CT molecular complexity index is 577. The molecule has 0 unspecified atom stereocenters. The van der Waals surface area contributed by atoms with Gasteiger partial charge in [-0.1, -0.05) is 6.07 Å². The molecule has 0 fully saturated rings. The zero-order valence-corrected chi connectivity index (χ0v) is 9.60. The van der Waals surface area contributed by atoms with Crippen LogP contribution in [0.4, 0.5) is 0 Å². The average Bonchev–Trinajstić information content (AvgIpc) is 2.29. The lowest BCUT2D eigenvalue weighted by Gasteiger charge is -2.05. The summed E-state index contributed by atoms with van der Waals surface area (Å²) in [6.07, 6.45) is 2.26. The lowest BCUT2D eigenvalue weighted by Crippen LogP contribution is -2.14. The van der Waals surface area contributed by atoms with Crippen molar-refractivity contribution in [1.82, 2.24) is 15.0 Å². The molecule has 2 rings (SSSR count). The van der Waals surface area contributed by atoms with Crippen LogP contribution in [0.1, 0.15) is 11.3 Å². The number of rotatable bonds is 3. The molecule has 2 heterocycles. The van der Waals surface area contributed by atoms with Gasteiger partial charge in [0.05, 0.1) is 0 Å². The fourth-order valence-electron chi connectivity index (χ4n) is 1.63. The van der Waals surface area contributed by atoms with Crippen LogP contribution in [0, 0.1) is 6.92 Å². The average molecular weight is 230 g/mol. The molecule has 0 aliphatic rings. The van der Waals surface area contributed by atoms with Crippen molar-refractivity contribution in [2.45, 2.75) is 13.3 Å². The summed E-state index contributed by atoms with van der Waals surface area (Å²) in [7, 11) is 0. The molecule has 2 aromatic heterocycles. The molecule has 88 valence electrons. The second-order valence-electron chi connectivity index (χ2n) is 3.79. The number of nitrogens with two attached hydrogens (primary N) is 1. The van der Waals surface area contributed by atoms with Gasteiger partial charge in [0, 0.05) is 24.4 Å². The van der Waals surface area contributed by atoms with E-state index in [4.69, 9.17) is 5.73 Å². The molecule has 0 bridgehead atoms. The highest BCUT2D eigenvalue weighted by atomic mass is 16.1. The predicted octanol–water partition coefficient (Wildman–Crippen LogP) is 0.642.